The Morgan fingerprint density at radius 1 is 1.41 bits per heavy atom. The summed E-state index contributed by atoms with van der Waals surface area (Å²) >= 11 is 0. The number of aliphatic imine (C=N–C) groups is 1. The first-order valence-electron chi connectivity index (χ1n) is 6.40. The van der Waals surface area contributed by atoms with Crippen LogP contribution in [0.5, 0.6) is 0 Å². The Morgan fingerprint density at radius 2 is 2.12 bits per heavy atom. The highest BCUT2D eigenvalue weighted by Crippen LogP contribution is 2.15. The Bertz CT molecular complexity index is 272. The molecule has 0 aromatic carbocycles. The number of nitrogens with one attached hydrogen (secondary N) is 2. The summed E-state index contributed by atoms with van der Waals surface area (Å²) < 4.78 is 0. The van der Waals surface area contributed by atoms with Gasteiger partial charge in [0.2, 0.25) is 0 Å². The maximum Gasteiger partial charge on any atom is 0.192 e. The molecule has 0 aliphatic carbocycles. The first-order chi connectivity index (χ1) is 8.26. The average Bonchev–Trinajstić information content (AvgIpc) is 2.35. The van der Waals surface area contributed by atoms with Gasteiger partial charge in [-0.3, -0.25) is 4.99 Å². The maximum absolute atomic E-state index is 5.23. The molecule has 2 N–H and O–H groups in total. The third-order valence-corrected chi connectivity index (χ3v) is 3.05. The van der Waals surface area contributed by atoms with E-state index < -0.39 is 0 Å². The molecule has 1 heterocycles. The molecule has 0 atom stereocenters. The Hall–Kier alpha value is -1.21. The fourth-order valence-electron chi connectivity index (χ4n) is 1.94. The predicted molar refractivity (Wildman–Crippen MR) is 73.0 cm³/mol. The Morgan fingerprint density at radius 3 is 2.71 bits per heavy atom. The van der Waals surface area contributed by atoms with Crippen LogP contribution in [0.4, 0.5) is 0 Å². The molecule has 4 nitrogen and oxygen atoms in total. The summed E-state index contributed by atoms with van der Waals surface area (Å²) in [6.45, 7) is 6.72. The quantitative estimate of drug-likeness (QED) is 0.425. The van der Waals surface area contributed by atoms with Crippen LogP contribution in [-0.4, -0.2) is 50.6 Å². The van der Waals surface area contributed by atoms with Gasteiger partial charge < -0.3 is 15.5 Å². The van der Waals surface area contributed by atoms with Gasteiger partial charge >= 0.3 is 0 Å². The molecule has 96 valence electrons. The summed E-state index contributed by atoms with van der Waals surface area (Å²) in [7, 11) is 2.18. The predicted octanol–water partition coefficient (Wildman–Crippen LogP) is 0.516. The van der Waals surface area contributed by atoms with Crippen LogP contribution in [0.1, 0.15) is 19.8 Å². The minimum Gasteiger partial charge on any atom is -0.357 e. The second-order valence-corrected chi connectivity index (χ2v) is 4.52. The minimum absolute atomic E-state index is 0.527. The van der Waals surface area contributed by atoms with E-state index in [2.05, 4.69) is 40.4 Å². The highest BCUT2D eigenvalue weighted by Gasteiger charge is 2.16. The van der Waals surface area contributed by atoms with Gasteiger partial charge in [0.1, 0.15) is 0 Å². The van der Waals surface area contributed by atoms with E-state index in [4.69, 9.17) is 6.42 Å². The fraction of sp³-hybridized carbons (Fsp3) is 0.769. The molecule has 0 amide bonds. The topological polar surface area (TPSA) is 39.7 Å². The molecule has 0 aromatic rings. The second-order valence-electron chi connectivity index (χ2n) is 4.52. The van der Waals surface area contributed by atoms with Crippen LogP contribution >= 0.6 is 0 Å². The molecule has 0 radical (unpaired) electrons. The largest absolute Gasteiger partial charge is 0.357 e. The number of nitrogens with zero attached hydrogens (tertiary/aromatic N) is 2. The van der Waals surface area contributed by atoms with Crippen molar-refractivity contribution in [2.75, 3.05) is 39.8 Å². The van der Waals surface area contributed by atoms with Crippen LogP contribution in [0.3, 0.4) is 0 Å². The Kier molecular flexibility index (Phi) is 6.49. The van der Waals surface area contributed by atoms with Crippen molar-refractivity contribution < 1.29 is 0 Å². The molecule has 1 saturated heterocycles. The first-order valence-corrected chi connectivity index (χ1v) is 6.40. The summed E-state index contributed by atoms with van der Waals surface area (Å²) in [6, 6.07) is 0. The van der Waals surface area contributed by atoms with Crippen molar-refractivity contribution in [3.8, 4) is 12.3 Å². The summed E-state index contributed by atoms with van der Waals surface area (Å²) in [5.41, 5.74) is 0. The van der Waals surface area contributed by atoms with Crippen LogP contribution in [0, 0.1) is 18.3 Å². The lowest BCUT2D eigenvalue weighted by molar-refractivity contribution is 0.223. The summed E-state index contributed by atoms with van der Waals surface area (Å²) in [5.74, 6) is 4.11. The molecule has 1 rings (SSSR count). The molecule has 1 aliphatic heterocycles. The van der Waals surface area contributed by atoms with Crippen LogP contribution in [0.25, 0.3) is 0 Å². The normalized spacial score (nSPS) is 18.8. The van der Waals surface area contributed by atoms with Crippen LogP contribution in [-0.2, 0) is 0 Å². The fourth-order valence-corrected chi connectivity index (χ4v) is 1.94. The van der Waals surface area contributed by atoms with Crippen LogP contribution < -0.4 is 10.6 Å². The second kappa shape index (κ2) is 7.97. The molecule has 0 spiro atoms. The third-order valence-electron chi connectivity index (χ3n) is 3.05. The minimum atomic E-state index is 0.527. The lowest BCUT2D eigenvalue weighted by Gasteiger charge is -2.28. The van der Waals surface area contributed by atoms with E-state index in [1.807, 2.05) is 0 Å². The van der Waals surface area contributed by atoms with Crippen LogP contribution in [0.2, 0.25) is 0 Å². The van der Waals surface area contributed by atoms with Crippen molar-refractivity contribution in [2.45, 2.75) is 19.8 Å². The van der Waals surface area contributed by atoms with Gasteiger partial charge in [-0.15, -0.1) is 6.42 Å². The number of likely N-dealkylation sites (tertiary alicyclic amines) is 1. The third kappa shape index (κ3) is 5.60. The highest BCUT2D eigenvalue weighted by atomic mass is 15.2. The average molecular weight is 236 g/mol. The van der Waals surface area contributed by atoms with Gasteiger partial charge in [0.15, 0.2) is 5.96 Å². The number of rotatable bonds is 4. The van der Waals surface area contributed by atoms with Gasteiger partial charge in [0.05, 0.1) is 6.54 Å². The van der Waals surface area contributed by atoms with E-state index >= 15 is 0 Å². The van der Waals surface area contributed by atoms with E-state index in [1.54, 1.807) is 0 Å². The molecular formula is C13H24N4. The zero-order valence-corrected chi connectivity index (χ0v) is 11.0. The van der Waals surface area contributed by atoms with E-state index in [0.717, 1.165) is 19.0 Å². The molecule has 1 aliphatic rings. The van der Waals surface area contributed by atoms with Gasteiger partial charge in [0, 0.05) is 13.1 Å². The summed E-state index contributed by atoms with van der Waals surface area (Å²) in [6.07, 6.45) is 7.72. The van der Waals surface area contributed by atoms with E-state index in [9.17, 15) is 0 Å². The van der Waals surface area contributed by atoms with Gasteiger partial charge in [-0.2, -0.15) is 0 Å². The standard InChI is InChI=1S/C13H24N4/c1-4-8-15-13(14-5-2)16-11-12-6-9-17(3)10-7-12/h1,12H,5-11H2,2-3H3,(H2,14,15,16). The van der Waals surface area contributed by atoms with Gasteiger partial charge in [-0.25, -0.2) is 0 Å². The van der Waals surface area contributed by atoms with Crippen LogP contribution in [0.15, 0.2) is 4.99 Å². The zero-order valence-electron chi connectivity index (χ0n) is 11.0. The number of hydrogen-bond acceptors (Lipinski definition) is 2. The van der Waals surface area contributed by atoms with Crippen molar-refractivity contribution in [1.29, 1.82) is 0 Å². The van der Waals surface area contributed by atoms with E-state index in [-0.39, 0.29) is 0 Å². The number of piperidine rings is 1. The molecule has 0 saturated carbocycles. The summed E-state index contributed by atoms with van der Waals surface area (Å²) in [4.78, 5) is 6.96. The van der Waals surface area contributed by atoms with E-state index in [0.29, 0.717) is 12.5 Å². The molecular weight excluding hydrogens is 212 g/mol. The molecule has 0 unspecified atom stereocenters. The van der Waals surface area contributed by atoms with Gasteiger partial charge in [-0.1, -0.05) is 5.92 Å². The first kappa shape index (κ1) is 13.9. The SMILES string of the molecule is C#CCNC(=NCC1CCN(C)CC1)NCC. The molecule has 1 fully saturated rings. The molecule has 4 heteroatoms. The lowest BCUT2D eigenvalue weighted by Crippen LogP contribution is -2.38. The highest BCUT2D eigenvalue weighted by molar-refractivity contribution is 5.79. The van der Waals surface area contributed by atoms with Gasteiger partial charge in [-0.05, 0) is 45.8 Å². The Labute approximate surface area is 105 Å². The van der Waals surface area contributed by atoms with E-state index in [1.165, 1.54) is 25.9 Å². The lowest BCUT2D eigenvalue weighted by atomic mass is 9.97. The maximum atomic E-state index is 5.23. The Balaban J connectivity index is 2.34. The smallest absolute Gasteiger partial charge is 0.192 e. The summed E-state index contributed by atoms with van der Waals surface area (Å²) in [5, 5.41) is 6.31. The number of hydrogen-bond donors (Lipinski definition) is 2. The molecule has 17 heavy (non-hydrogen) atoms. The molecule has 0 bridgehead atoms. The van der Waals surface area contributed by atoms with Gasteiger partial charge in [0.25, 0.3) is 0 Å². The monoisotopic (exact) mass is 236 g/mol. The molecule has 0 aromatic heterocycles. The van der Waals surface area contributed by atoms with Crippen molar-refractivity contribution in [2.24, 2.45) is 10.9 Å². The van der Waals surface area contributed by atoms with Crippen molar-refractivity contribution in [3.05, 3.63) is 0 Å². The van der Waals surface area contributed by atoms with Crippen molar-refractivity contribution in [3.63, 3.8) is 0 Å². The number of guanidine groups is 1. The number of terminal acetylenes is 1. The van der Waals surface area contributed by atoms with Crippen molar-refractivity contribution in [1.82, 2.24) is 15.5 Å². The zero-order chi connectivity index (χ0) is 12.5. The van der Waals surface area contributed by atoms with Crippen molar-refractivity contribution >= 4 is 5.96 Å².